The van der Waals surface area contributed by atoms with Crippen molar-refractivity contribution in [3.8, 4) is 12.3 Å². The van der Waals surface area contributed by atoms with Crippen LogP contribution in [0.4, 0.5) is 0 Å². The number of ether oxygens (including phenoxy) is 3. The minimum Gasteiger partial charge on any atom is -0.466 e. The quantitative estimate of drug-likeness (QED) is 0.293. The van der Waals surface area contributed by atoms with Crippen molar-refractivity contribution in [3.63, 3.8) is 0 Å². The second kappa shape index (κ2) is 11.5. The first kappa shape index (κ1) is 25.1. The summed E-state index contributed by atoms with van der Waals surface area (Å²) in [6, 6.07) is 7.78. The Morgan fingerprint density at radius 1 is 1.42 bits per heavy atom. The van der Waals surface area contributed by atoms with Crippen LogP contribution >= 0.6 is 11.8 Å². The van der Waals surface area contributed by atoms with Gasteiger partial charge in [-0.1, -0.05) is 35.9 Å². The molecule has 10 heteroatoms. The Balaban J connectivity index is 2.44. The Labute approximate surface area is 185 Å². The molecule has 0 radical (unpaired) electrons. The minimum absolute atomic E-state index is 0.191. The number of thioether (sulfide) groups is 1. The molecule has 0 unspecified atom stereocenters. The molecular weight excluding hydrogens is 426 g/mol. The lowest BCUT2D eigenvalue weighted by Gasteiger charge is -2.47. The maximum atomic E-state index is 12.8. The summed E-state index contributed by atoms with van der Waals surface area (Å²) in [5, 5.41) is 34.0. The van der Waals surface area contributed by atoms with Gasteiger partial charge in [0.25, 0.3) is 0 Å². The van der Waals surface area contributed by atoms with Crippen LogP contribution in [-0.2, 0) is 23.8 Å². The highest BCUT2D eigenvalue weighted by Gasteiger charge is 2.56. The van der Waals surface area contributed by atoms with E-state index in [1.54, 1.807) is 30.3 Å². The third kappa shape index (κ3) is 6.20. The lowest BCUT2D eigenvalue weighted by Crippen LogP contribution is -2.66. The van der Waals surface area contributed by atoms with Crippen LogP contribution in [0.25, 0.3) is 0 Å². The molecule has 4 N–H and O–H groups in total. The van der Waals surface area contributed by atoms with Crippen molar-refractivity contribution in [1.29, 1.82) is 0 Å². The molecule has 0 saturated carbocycles. The van der Waals surface area contributed by atoms with E-state index in [0.29, 0.717) is 4.90 Å². The van der Waals surface area contributed by atoms with Crippen LogP contribution in [0, 0.1) is 12.3 Å². The standard InChI is InChI=1S/C21H27NO8S/c1-4-10-29-16(12-23)18(26)19-17(22-13(2)24)15(25)11-21(30-19,20(27)28-3)31-14-8-6-5-7-9-14/h1,5-9,15-19,23,25-26H,10-12H2,2-3H3,(H,22,24)/t15-,16+,17+,18+,19+,21-/m0/s1. The Morgan fingerprint density at radius 2 is 2.10 bits per heavy atom. The van der Waals surface area contributed by atoms with Crippen LogP contribution in [0.5, 0.6) is 0 Å². The van der Waals surface area contributed by atoms with Gasteiger partial charge in [-0.2, -0.15) is 0 Å². The molecule has 0 aromatic heterocycles. The molecule has 0 aliphatic carbocycles. The molecule has 1 aliphatic heterocycles. The van der Waals surface area contributed by atoms with Gasteiger partial charge in [0.05, 0.1) is 25.9 Å². The van der Waals surface area contributed by atoms with Crippen molar-refractivity contribution in [1.82, 2.24) is 5.32 Å². The highest BCUT2D eigenvalue weighted by molar-refractivity contribution is 8.01. The third-order valence-corrected chi connectivity index (χ3v) is 6.01. The van der Waals surface area contributed by atoms with E-state index in [4.69, 9.17) is 20.6 Å². The number of nitrogens with one attached hydrogen (secondary N) is 1. The number of aliphatic hydroxyl groups is 3. The second-order valence-corrected chi connectivity index (χ2v) is 8.30. The van der Waals surface area contributed by atoms with Crippen molar-refractivity contribution < 1.29 is 39.1 Å². The molecule has 0 bridgehead atoms. The summed E-state index contributed by atoms with van der Waals surface area (Å²) in [6.45, 7) is 0.446. The maximum Gasteiger partial charge on any atom is 0.349 e. The van der Waals surface area contributed by atoms with E-state index >= 15 is 0 Å². The minimum atomic E-state index is -1.72. The number of hydrogen-bond donors (Lipinski definition) is 4. The third-order valence-electron chi connectivity index (χ3n) is 4.74. The molecule has 9 nitrogen and oxygen atoms in total. The number of benzene rings is 1. The number of methoxy groups -OCH3 is 1. The number of rotatable bonds is 9. The Kier molecular flexibility index (Phi) is 9.31. The Hall–Kier alpha value is -2.13. The molecule has 0 spiro atoms. The Bertz CT molecular complexity index is 785. The number of terminal acetylenes is 1. The van der Waals surface area contributed by atoms with Gasteiger partial charge in [0.2, 0.25) is 10.8 Å². The average Bonchev–Trinajstić information content (AvgIpc) is 2.75. The van der Waals surface area contributed by atoms with Gasteiger partial charge in [-0.25, -0.2) is 4.79 Å². The molecule has 1 aromatic carbocycles. The van der Waals surface area contributed by atoms with Gasteiger partial charge in [-0.15, -0.1) is 6.42 Å². The van der Waals surface area contributed by atoms with Crippen molar-refractivity contribution >= 4 is 23.6 Å². The largest absolute Gasteiger partial charge is 0.466 e. The van der Waals surface area contributed by atoms with Crippen LogP contribution in [0.3, 0.4) is 0 Å². The van der Waals surface area contributed by atoms with Crippen molar-refractivity contribution in [2.75, 3.05) is 20.3 Å². The molecule has 2 rings (SSSR count). The van der Waals surface area contributed by atoms with Crippen molar-refractivity contribution in [3.05, 3.63) is 30.3 Å². The lowest BCUT2D eigenvalue weighted by atomic mass is 9.89. The fraction of sp³-hybridized carbons (Fsp3) is 0.524. The predicted molar refractivity (Wildman–Crippen MR) is 112 cm³/mol. The zero-order valence-electron chi connectivity index (χ0n) is 17.3. The van der Waals surface area contributed by atoms with Gasteiger partial charge in [-0.05, 0) is 12.1 Å². The first-order valence-corrected chi connectivity index (χ1v) is 10.4. The monoisotopic (exact) mass is 453 g/mol. The van der Waals surface area contributed by atoms with Crippen LogP contribution in [0.1, 0.15) is 13.3 Å². The summed E-state index contributed by atoms with van der Waals surface area (Å²) < 4.78 is 16.3. The van der Waals surface area contributed by atoms with E-state index in [-0.39, 0.29) is 13.0 Å². The van der Waals surface area contributed by atoms with Gasteiger partial charge in [0.1, 0.15) is 24.9 Å². The SMILES string of the molecule is C#CCO[C@H](CO)[C@@H](O)[C@@H]1O[C@@](Sc2ccccc2)(C(=O)OC)C[C@H](O)[C@H]1NC(C)=O. The van der Waals surface area contributed by atoms with Crippen LogP contribution in [-0.4, -0.2) is 82.9 Å². The van der Waals surface area contributed by atoms with Gasteiger partial charge in [-0.3, -0.25) is 4.79 Å². The van der Waals surface area contributed by atoms with Gasteiger partial charge < -0.3 is 34.8 Å². The van der Waals surface area contributed by atoms with E-state index in [1.165, 1.54) is 14.0 Å². The Morgan fingerprint density at radius 3 is 2.65 bits per heavy atom. The number of aliphatic hydroxyl groups excluding tert-OH is 3. The molecule has 1 aromatic rings. The van der Waals surface area contributed by atoms with E-state index in [2.05, 4.69) is 11.2 Å². The molecule has 1 saturated heterocycles. The fourth-order valence-corrected chi connectivity index (χ4v) is 4.61. The summed E-state index contributed by atoms with van der Waals surface area (Å²) in [5.41, 5.74) is 0. The van der Waals surface area contributed by atoms with Crippen molar-refractivity contribution in [2.45, 2.75) is 53.6 Å². The maximum absolute atomic E-state index is 12.8. The van der Waals surface area contributed by atoms with Crippen LogP contribution in [0.2, 0.25) is 0 Å². The van der Waals surface area contributed by atoms with Gasteiger partial charge in [0, 0.05) is 18.2 Å². The molecule has 1 amide bonds. The van der Waals surface area contributed by atoms with E-state index in [9.17, 15) is 24.9 Å². The molecule has 1 heterocycles. The highest BCUT2D eigenvalue weighted by Crippen LogP contribution is 2.44. The highest BCUT2D eigenvalue weighted by atomic mass is 32.2. The smallest absolute Gasteiger partial charge is 0.349 e. The zero-order chi connectivity index (χ0) is 23.0. The van der Waals surface area contributed by atoms with E-state index in [1.807, 2.05) is 0 Å². The van der Waals surface area contributed by atoms with Crippen molar-refractivity contribution in [2.24, 2.45) is 0 Å². The summed E-state index contributed by atoms with van der Waals surface area (Å²) in [7, 11) is 1.18. The number of esters is 1. The number of carbonyl (C=O) groups excluding carboxylic acids is 2. The molecule has 170 valence electrons. The van der Waals surface area contributed by atoms with Crippen LogP contribution < -0.4 is 5.32 Å². The molecule has 31 heavy (non-hydrogen) atoms. The number of carbonyl (C=O) groups is 2. The normalized spacial score (nSPS) is 27.5. The molecule has 1 aliphatic rings. The fourth-order valence-electron chi connectivity index (χ4n) is 3.36. The first-order valence-electron chi connectivity index (χ1n) is 9.57. The number of hydrogen-bond acceptors (Lipinski definition) is 9. The molecule has 6 atom stereocenters. The molecule has 1 fully saturated rings. The lowest BCUT2D eigenvalue weighted by molar-refractivity contribution is -0.209. The molecular formula is C21H27NO8S. The van der Waals surface area contributed by atoms with Gasteiger partial charge >= 0.3 is 5.97 Å². The first-order chi connectivity index (χ1) is 14.8. The average molecular weight is 454 g/mol. The predicted octanol–water partition coefficient (Wildman–Crippen LogP) is -0.326. The summed E-state index contributed by atoms with van der Waals surface area (Å²) in [5.74, 6) is 0.986. The second-order valence-electron chi connectivity index (χ2n) is 6.97. The number of amides is 1. The van der Waals surface area contributed by atoms with Gasteiger partial charge in [0.15, 0.2) is 0 Å². The zero-order valence-corrected chi connectivity index (χ0v) is 18.1. The van der Waals surface area contributed by atoms with E-state index in [0.717, 1.165) is 11.8 Å². The summed E-state index contributed by atoms with van der Waals surface area (Å²) in [4.78, 5) is 23.4. The summed E-state index contributed by atoms with van der Waals surface area (Å²) in [6.07, 6.45) is -0.356. The van der Waals surface area contributed by atoms with E-state index < -0.39 is 53.9 Å². The summed E-state index contributed by atoms with van der Waals surface area (Å²) >= 11 is 1.01. The van der Waals surface area contributed by atoms with Crippen LogP contribution in [0.15, 0.2) is 35.2 Å². The topological polar surface area (TPSA) is 135 Å².